The Morgan fingerprint density at radius 2 is 1.93 bits per heavy atom. The van der Waals surface area contributed by atoms with Crippen LogP contribution in [0.25, 0.3) is 21.1 Å². The zero-order valence-electron chi connectivity index (χ0n) is 15.4. The first-order valence-electron chi connectivity index (χ1n) is 9.18. The molecule has 1 aliphatic heterocycles. The fourth-order valence-electron chi connectivity index (χ4n) is 3.31. The van der Waals surface area contributed by atoms with Crippen molar-refractivity contribution in [1.29, 1.82) is 0 Å². The molecule has 146 valence electrons. The van der Waals surface area contributed by atoms with Crippen LogP contribution in [-0.2, 0) is 0 Å². The number of hydrogen-bond donors (Lipinski definition) is 0. The quantitative estimate of drug-likeness (QED) is 0.496. The highest BCUT2D eigenvalue weighted by Crippen LogP contribution is 2.34. The van der Waals surface area contributed by atoms with Crippen LogP contribution in [-0.4, -0.2) is 51.9 Å². The molecule has 0 saturated carbocycles. The summed E-state index contributed by atoms with van der Waals surface area (Å²) in [5.41, 5.74) is 1.84. The number of aromatic nitrogens is 3. The van der Waals surface area contributed by atoms with E-state index in [1.165, 1.54) is 6.26 Å². The zero-order chi connectivity index (χ0) is 19.6. The minimum absolute atomic E-state index is 0.0768. The highest BCUT2D eigenvalue weighted by molar-refractivity contribution is 7.14. The lowest BCUT2D eigenvalue weighted by Crippen LogP contribution is -2.49. The van der Waals surface area contributed by atoms with Crippen LogP contribution >= 0.6 is 22.7 Å². The van der Waals surface area contributed by atoms with Crippen molar-refractivity contribution < 1.29 is 9.21 Å². The molecule has 0 aromatic carbocycles. The van der Waals surface area contributed by atoms with Crippen molar-refractivity contribution in [1.82, 2.24) is 19.9 Å². The number of nitrogens with zero attached hydrogens (tertiary/aromatic N) is 5. The van der Waals surface area contributed by atoms with Gasteiger partial charge in [-0.05, 0) is 23.6 Å². The molecule has 0 aliphatic carbocycles. The second kappa shape index (κ2) is 7.76. The number of thiophene rings is 1. The van der Waals surface area contributed by atoms with E-state index in [9.17, 15) is 4.79 Å². The summed E-state index contributed by atoms with van der Waals surface area (Å²) in [4.78, 5) is 31.4. The fraction of sp³-hybridized carbons (Fsp3) is 0.200. The molecule has 7 nitrogen and oxygen atoms in total. The smallest absolute Gasteiger partial charge is 0.289 e. The molecule has 5 heterocycles. The normalized spacial score (nSPS) is 14.3. The summed E-state index contributed by atoms with van der Waals surface area (Å²) in [5, 5.41) is 4.88. The Bertz CT molecular complexity index is 1090. The minimum Gasteiger partial charge on any atom is -0.459 e. The Morgan fingerprint density at radius 1 is 1.03 bits per heavy atom. The number of carbonyl (C=O) groups excluding carboxylic acids is 1. The predicted molar refractivity (Wildman–Crippen MR) is 113 cm³/mol. The molecule has 1 amide bonds. The molecule has 0 spiro atoms. The van der Waals surface area contributed by atoms with Crippen molar-refractivity contribution in [2.24, 2.45) is 0 Å². The van der Waals surface area contributed by atoms with Gasteiger partial charge < -0.3 is 14.2 Å². The van der Waals surface area contributed by atoms with E-state index in [-0.39, 0.29) is 5.91 Å². The molecule has 9 heteroatoms. The van der Waals surface area contributed by atoms with E-state index in [4.69, 9.17) is 9.40 Å². The van der Waals surface area contributed by atoms with Crippen molar-refractivity contribution in [3.8, 4) is 21.1 Å². The van der Waals surface area contributed by atoms with Crippen LogP contribution < -0.4 is 4.90 Å². The van der Waals surface area contributed by atoms with E-state index in [0.29, 0.717) is 37.9 Å². The minimum atomic E-state index is -0.0768. The number of hydrogen-bond acceptors (Lipinski definition) is 8. The van der Waals surface area contributed by atoms with Crippen LogP contribution in [0.5, 0.6) is 0 Å². The molecule has 0 unspecified atom stereocenters. The van der Waals surface area contributed by atoms with E-state index in [0.717, 1.165) is 21.1 Å². The van der Waals surface area contributed by atoms with Crippen LogP contribution in [0.2, 0.25) is 0 Å². The summed E-state index contributed by atoms with van der Waals surface area (Å²) < 4.78 is 5.23. The zero-order valence-corrected chi connectivity index (χ0v) is 17.0. The van der Waals surface area contributed by atoms with Crippen LogP contribution in [0.3, 0.4) is 0 Å². The van der Waals surface area contributed by atoms with E-state index < -0.39 is 0 Å². The molecule has 4 aromatic heterocycles. The van der Waals surface area contributed by atoms with Gasteiger partial charge in [0.15, 0.2) is 5.76 Å². The third-order valence-electron chi connectivity index (χ3n) is 4.78. The molecule has 5 rings (SSSR count). The van der Waals surface area contributed by atoms with Gasteiger partial charge in [0.25, 0.3) is 5.91 Å². The molecule has 1 aliphatic rings. The van der Waals surface area contributed by atoms with Gasteiger partial charge in [-0.2, -0.15) is 0 Å². The summed E-state index contributed by atoms with van der Waals surface area (Å²) in [6.07, 6.45) is 5.19. The third-order valence-corrected chi connectivity index (χ3v) is 6.46. The second-order valence-corrected chi connectivity index (χ2v) is 8.35. The van der Waals surface area contributed by atoms with E-state index in [1.807, 2.05) is 23.0 Å². The Hall–Kier alpha value is -3.04. The Morgan fingerprint density at radius 3 is 2.62 bits per heavy atom. The summed E-state index contributed by atoms with van der Waals surface area (Å²) in [6.45, 7) is 2.54. The summed E-state index contributed by atoms with van der Waals surface area (Å²) in [6, 6.07) is 7.52. The Labute approximate surface area is 175 Å². The van der Waals surface area contributed by atoms with Crippen LogP contribution in [0.1, 0.15) is 10.6 Å². The first kappa shape index (κ1) is 18.0. The molecule has 0 atom stereocenters. The maximum atomic E-state index is 12.5. The molecule has 0 radical (unpaired) electrons. The first-order valence-corrected chi connectivity index (χ1v) is 10.9. The SMILES string of the molecule is O=C(c1ccco1)N1CCN(c2ncc(-c3cccs3)c(-c3nccs3)n2)CC1. The molecular formula is C20H17N5O2S2. The first-order chi connectivity index (χ1) is 14.3. The van der Waals surface area contributed by atoms with Gasteiger partial charge in [0.05, 0.1) is 6.26 Å². The molecule has 4 aromatic rings. The van der Waals surface area contributed by atoms with Crippen LogP contribution in [0.15, 0.2) is 58.1 Å². The monoisotopic (exact) mass is 423 g/mol. The summed E-state index contributed by atoms with van der Waals surface area (Å²) in [7, 11) is 0. The molecule has 29 heavy (non-hydrogen) atoms. The lowest BCUT2D eigenvalue weighted by Gasteiger charge is -2.34. The molecule has 0 N–H and O–H groups in total. The Kier molecular flexibility index (Phi) is 4.82. The van der Waals surface area contributed by atoms with Gasteiger partial charge in [-0.15, -0.1) is 22.7 Å². The number of rotatable bonds is 4. The third kappa shape index (κ3) is 3.54. The van der Waals surface area contributed by atoms with Gasteiger partial charge in [0.1, 0.15) is 10.7 Å². The van der Waals surface area contributed by atoms with E-state index in [2.05, 4.69) is 20.9 Å². The predicted octanol–water partition coefficient (Wildman–Crippen LogP) is 3.88. The van der Waals surface area contributed by atoms with Crippen LogP contribution in [0, 0.1) is 0 Å². The maximum absolute atomic E-state index is 12.5. The number of anilines is 1. The van der Waals surface area contributed by atoms with Crippen molar-refractivity contribution in [3.63, 3.8) is 0 Å². The molecule has 1 fully saturated rings. The number of carbonyl (C=O) groups is 1. The van der Waals surface area contributed by atoms with Gasteiger partial charge in [-0.25, -0.2) is 15.0 Å². The Balaban J connectivity index is 1.38. The van der Waals surface area contributed by atoms with Crippen molar-refractivity contribution in [3.05, 3.63) is 59.4 Å². The average molecular weight is 424 g/mol. The largest absolute Gasteiger partial charge is 0.459 e. The van der Waals surface area contributed by atoms with Gasteiger partial charge >= 0.3 is 0 Å². The molecule has 1 saturated heterocycles. The summed E-state index contributed by atoms with van der Waals surface area (Å²) >= 11 is 3.23. The van der Waals surface area contributed by atoms with Crippen LogP contribution in [0.4, 0.5) is 5.95 Å². The fourth-order valence-corrected chi connectivity index (χ4v) is 4.68. The number of thiazole rings is 1. The standard InChI is InChI=1S/C20H17N5O2S2/c26-19(15-3-1-10-27-15)24-6-8-25(9-7-24)20-22-13-14(16-4-2-11-28-16)17(23-20)18-21-5-12-29-18/h1-5,10-13H,6-9H2. The summed E-state index contributed by atoms with van der Waals surface area (Å²) in [5.74, 6) is 0.966. The van der Waals surface area contributed by atoms with Gasteiger partial charge in [0, 0.05) is 54.4 Å². The maximum Gasteiger partial charge on any atom is 0.289 e. The molecular weight excluding hydrogens is 406 g/mol. The number of amides is 1. The number of furan rings is 1. The highest BCUT2D eigenvalue weighted by Gasteiger charge is 2.26. The second-order valence-electron chi connectivity index (χ2n) is 6.50. The van der Waals surface area contributed by atoms with E-state index >= 15 is 0 Å². The lowest BCUT2D eigenvalue weighted by atomic mass is 10.2. The van der Waals surface area contributed by atoms with Gasteiger partial charge in [0.2, 0.25) is 5.95 Å². The molecule has 0 bridgehead atoms. The average Bonchev–Trinajstić information content (AvgIpc) is 3.56. The van der Waals surface area contributed by atoms with E-state index in [1.54, 1.807) is 45.9 Å². The van der Waals surface area contributed by atoms with Crippen molar-refractivity contribution in [2.45, 2.75) is 0 Å². The topological polar surface area (TPSA) is 75.4 Å². The van der Waals surface area contributed by atoms with Crippen molar-refractivity contribution in [2.75, 3.05) is 31.1 Å². The van der Waals surface area contributed by atoms with Crippen molar-refractivity contribution >= 4 is 34.5 Å². The highest BCUT2D eigenvalue weighted by atomic mass is 32.1. The van der Waals surface area contributed by atoms with Gasteiger partial charge in [-0.3, -0.25) is 4.79 Å². The lowest BCUT2D eigenvalue weighted by molar-refractivity contribution is 0.0714. The number of piperazine rings is 1. The van der Waals surface area contributed by atoms with Gasteiger partial charge in [-0.1, -0.05) is 6.07 Å².